The van der Waals surface area contributed by atoms with Gasteiger partial charge in [-0.3, -0.25) is 0 Å². The number of hydrogen-bond acceptors (Lipinski definition) is 3. The Labute approximate surface area is 124 Å². The highest BCUT2D eigenvalue weighted by molar-refractivity contribution is 6.30. The van der Waals surface area contributed by atoms with Crippen molar-refractivity contribution in [3.63, 3.8) is 0 Å². The van der Waals surface area contributed by atoms with Gasteiger partial charge in [-0.15, -0.1) is 0 Å². The molecule has 0 aromatic heterocycles. The van der Waals surface area contributed by atoms with Crippen molar-refractivity contribution in [1.29, 1.82) is 0 Å². The molecule has 0 heterocycles. The molecule has 0 radical (unpaired) electrons. The Morgan fingerprint density at radius 3 is 2.50 bits per heavy atom. The first-order valence-electron chi connectivity index (χ1n) is 6.62. The maximum atomic E-state index is 6.04. The summed E-state index contributed by atoms with van der Waals surface area (Å²) in [4.78, 5) is 0. The minimum atomic E-state index is 0.561. The molecule has 0 saturated carbocycles. The first-order chi connectivity index (χ1) is 9.74. The van der Waals surface area contributed by atoms with E-state index in [2.05, 4.69) is 0 Å². The van der Waals surface area contributed by atoms with Gasteiger partial charge in [0.1, 0.15) is 5.75 Å². The Kier molecular flexibility index (Phi) is 5.27. The van der Waals surface area contributed by atoms with Gasteiger partial charge >= 0.3 is 0 Å². The molecular weight excluding hydrogens is 274 g/mol. The normalized spacial score (nSPS) is 10.3. The minimum Gasteiger partial charge on any atom is -0.490 e. The molecule has 2 aromatic rings. The highest BCUT2D eigenvalue weighted by Gasteiger charge is 2.09. The molecule has 0 bridgehead atoms. The van der Waals surface area contributed by atoms with E-state index in [0.29, 0.717) is 29.7 Å². The van der Waals surface area contributed by atoms with E-state index in [4.69, 9.17) is 26.8 Å². The summed E-state index contributed by atoms with van der Waals surface area (Å²) < 4.78 is 11.5. The van der Waals surface area contributed by atoms with Crippen molar-refractivity contribution >= 4 is 11.6 Å². The Morgan fingerprint density at radius 1 is 1.05 bits per heavy atom. The molecule has 2 rings (SSSR count). The zero-order valence-electron chi connectivity index (χ0n) is 11.4. The smallest absolute Gasteiger partial charge is 0.169 e. The molecule has 0 fully saturated rings. The lowest BCUT2D eigenvalue weighted by Gasteiger charge is -2.14. The highest BCUT2D eigenvalue weighted by atomic mass is 35.5. The fourth-order valence-corrected chi connectivity index (χ4v) is 2.08. The largest absolute Gasteiger partial charge is 0.490 e. The standard InChI is InChI=1S/C16H18ClNO2/c1-2-19-14-5-3-4-6-15(14)20-16-11-13(17)8-7-12(16)9-10-18/h3-8,11H,2,9-10,18H2,1H3. The maximum absolute atomic E-state index is 6.04. The quantitative estimate of drug-likeness (QED) is 0.874. The van der Waals surface area contributed by atoms with Gasteiger partial charge in [0.15, 0.2) is 11.5 Å². The van der Waals surface area contributed by atoms with Crippen LogP contribution in [0.5, 0.6) is 17.2 Å². The molecule has 0 unspecified atom stereocenters. The van der Waals surface area contributed by atoms with Gasteiger partial charge in [-0.05, 0) is 49.7 Å². The first-order valence-corrected chi connectivity index (χ1v) is 7.00. The summed E-state index contributed by atoms with van der Waals surface area (Å²) in [6.07, 6.45) is 0.739. The van der Waals surface area contributed by atoms with Gasteiger partial charge in [0.2, 0.25) is 0 Å². The van der Waals surface area contributed by atoms with Crippen molar-refractivity contribution in [2.75, 3.05) is 13.2 Å². The molecule has 20 heavy (non-hydrogen) atoms. The van der Waals surface area contributed by atoms with Crippen molar-refractivity contribution < 1.29 is 9.47 Å². The molecule has 2 aromatic carbocycles. The Morgan fingerprint density at radius 2 is 1.80 bits per heavy atom. The van der Waals surface area contributed by atoms with Gasteiger partial charge in [-0.25, -0.2) is 0 Å². The summed E-state index contributed by atoms with van der Waals surface area (Å²) in [5.74, 6) is 2.11. The fraction of sp³-hybridized carbons (Fsp3) is 0.250. The number of rotatable bonds is 6. The van der Waals surface area contributed by atoms with E-state index in [1.54, 1.807) is 6.07 Å². The zero-order valence-corrected chi connectivity index (χ0v) is 12.2. The lowest BCUT2D eigenvalue weighted by Crippen LogP contribution is -2.04. The lowest BCUT2D eigenvalue weighted by atomic mass is 10.1. The summed E-state index contributed by atoms with van der Waals surface area (Å²) >= 11 is 6.04. The van der Waals surface area contributed by atoms with Crippen LogP contribution in [0.15, 0.2) is 42.5 Å². The third-order valence-electron chi connectivity index (χ3n) is 2.81. The summed E-state index contributed by atoms with van der Waals surface area (Å²) in [7, 11) is 0. The van der Waals surface area contributed by atoms with Crippen molar-refractivity contribution in [3.05, 3.63) is 53.1 Å². The minimum absolute atomic E-state index is 0.561. The van der Waals surface area contributed by atoms with Crippen LogP contribution in [0.2, 0.25) is 5.02 Å². The molecule has 0 saturated heterocycles. The van der Waals surface area contributed by atoms with E-state index in [9.17, 15) is 0 Å². The van der Waals surface area contributed by atoms with Crippen molar-refractivity contribution in [2.24, 2.45) is 5.73 Å². The molecule has 106 valence electrons. The summed E-state index contributed by atoms with van der Waals surface area (Å²) in [5, 5.41) is 0.634. The van der Waals surface area contributed by atoms with Gasteiger partial charge in [-0.2, -0.15) is 0 Å². The fourth-order valence-electron chi connectivity index (χ4n) is 1.91. The van der Waals surface area contributed by atoms with Crippen LogP contribution in [-0.2, 0) is 6.42 Å². The molecule has 0 aliphatic rings. The zero-order chi connectivity index (χ0) is 14.4. The van der Waals surface area contributed by atoms with Crippen molar-refractivity contribution in [2.45, 2.75) is 13.3 Å². The molecule has 0 spiro atoms. The van der Waals surface area contributed by atoms with Crippen LogP contribution in [0, 0.1) is 0 Å². The van der Waals surface area contributed by atoms with Crippen LogP contribution in [0.3, 0.4) is 0 Å². The Bertz CT molecular complexity index is 572. The predicted molar refractivity (Wildman–Crippen MR) is 81.9 cm³/mol. The average molecular weight is 292 g/mol. The average Bonchev–Trinajstić information content (AvgIpc) is 2.44. The van der Waals surface area contributed by atoms with Crippen LogP contribution in [-0.4, -0.2) is 13.2 Å². The summed E-state index contributed by atoms with van der Waals surface area (Å²) in [5.41, 5.74) is 6.66. The van der Waals surface area contributed by atoms with Crippen LogP contribution in [0.4, 0.5) is 0 Å². The predicted octanol–water partition coefficient (Wildman–Crippen LogP) is 4.03. The Hall–Kier alpha value is -1.71. The van der Waals surface area contributed by atoms with Crippen molar-refractivity contribution in [1.82, 2.24) is 0 Å². The number of hydrogen-bond donors (Lipinski definition) is 1. The van der Waals surface area contributed by atoms with Gasteiger partial charge in [-0.1, -0.05) is 29.8 Å². The second-order valence-corrected chi connectivity index (χ2v) is 4.71. The lowest BCUT2D eigenvalue weighted by molar-refractivity contribution is 0.321. The second kappa shape index (κ2) is 7.17. The molecular formula is C16H18ClNO2. The van der Waals surface area contributed by atoms with E-state index in [0.717, 1.165) is 17.7 Å². The summed E-state index contributed by atoms with van der Waals surface area (Å²) in [6, 6.07) is 13.2. The van der Waals surface area contributed by atoms with E-state index in [1.807, 2.05) is 43.3 Å². The number of nitrogens with two attached hydrogens (primary N) is 1. The molecule has 3 nitrogen and oxygen atoms in total. The van der Waals surface area contributed by atoms with E-state index < -0.39 is 0 Å². The maximum Gasteiger partial charge on any atom is 0.169 e. The number of para-hydroxylation sites is 2. The van der Waals surface area contributed by atoms with Gasteiger partial charge < -0.3 is 15.2 Å². The third-order valence-corrected chi connectivity index (χ3v) is 3.05. The van der Waals surface area contributed by atoms with E-state index in [1.165, 1.54) is 0 Å². The van der Waals surface area contributed by atoms with Gasteiger partial charge in [0.05, 0.1) is 6.61 Å². The monoisotopic (exact) mass is 291 g/mol. The number of benzene rings is 2. The Balaban J connectivity index is 2.31. The van der Waals surface area contributed by atoms with E-state index in [-0.39, 0.29) is 0 Å². The number of ether oxygens (including phenoxy) is 2. The topological polar surface area (TPSA) is 44.5 Å². The molecule has 2 N–H and O–H groups in total. The summed E-state index contributed by atoms with van der Waals surface area (Å²) in [6.45, 7) is 3.09. The molecule has 4 heteroatoms. The third kappa shape index (κ3) is 3.65. The molecule has 0 atom stereocenters. The van der Waals surface area contributed by atoms with Gasteiger partial charge in [0.25, 0.3) is 0 Å². The highest BCUT2D eigenvalue weighted by Crippen LogP contribution is 2.34. The van der Waals surface area contributed by atoms with E-state index >= 15 is 0 Å². The second-order valence-electron chi connectivity index (χ2n) is 4.27. The SMILES string of the molecule is CCOc1ccccc1Oc1cc(Cl)ccc1CCN. The van der Waals surface area contributed by atoms with Crippen LogP contribution < -0.4 is 15.2 Å². The van der Waals surface area contributed by atoms with Crippen LogP contribution in [0.1, 0.15) is 12.5 Å². The molecule has 0 amide bonds. The molecule has 0 aliphatic heterocycles. The van der Waals surface area contributed by atoms with Crippen molar-refractivity contribution in [3.8, 4) is 17.2 Å². The van der Waals surface area contributed by atoms with Crippen LogP contribution >= 0.6 is 11.6 Å². The molecule has 0 aliphatic carbocycles. The van der Waals surface area contributed by atoms with Crippen LogP contribution in [0.25, 0.3) is 0 Å². The van der Waals surface area contributed by atoms with Gasteiger partial charge in [0, 0.05) is 5.02 Å². The first kappa shape index (κ1) is 14.7. The number of halogens is 1.